The number of nitrogens with one attached hydrogen (secondary N) is 1. The minimum atomic E-state index is -4.56. The summed E-state index contributed by atoms with van der Waals surface area (Å²) < 4.78 is 50.9. The van der Waals surface area contributed by atoms with Gasteiger partial charge in [-0.3, -0.25) is 14.8 Å². The number of amides is 1. The molecule has 1 N–H and O–H groups in total. The van der Waals surface area contributed by atoms with E-state index in [-0.39, 0.29) is 11.5 Å². The average Bonchev–Trinajstić information content (AvgIpc) is 3.05. The molecule has 1 aromatic heterocycles. The Labute approximate surface area is 141 Å². The zero-order chi connectivity index (χ0) is 18.0. The Bertz CT molecular complexity index is 751. The second-order valence-electron chi connectivity index (χ2n) is 5.86. The third kappa shape index (κ3) is 4.16. The standard InChI is InChI=1S/C16H16F4N4O/c17-12-3-1-2-11(8-12)10-23-4-6-24(7-5-23)15(25)13-9-14(22-21-13)16(18,19)20/h1-3,8-9H,4-7,10H2,(H,21,22). The maximum Gasteiger partial charge on any atom is 0.432 e. The molecule has 0 radical (unpaired) electrons. The molecule has 1 aliphatic heterocycles. The Morgan fingerprint density at radius 2 is 1.88 bits per heavy atom. The van der Waals surface area contributed by atoms with Gasteiger partial charge in [-0.15, -0.1) is 0 Å². The summed E-state index contributed by atoms with van der Waals surface area (Å²) >= 11 is 0. The van der Waals surface area contributed by atoms with Crippen molar-refractivity contribution in [2.75, 3.05) is 26.2 Å². The van der Waals surface area contributed by atoms with Crippen LogP contribution in [-0.2, 0) is 12.7 Å². The summed E-state index contributed by atoms with van der Waals surface area (Å²) in [6, 6.07) is 7.02. The van der Waals surface area contributed by atoms with E-state index in [1.54, 1.807) is 6.07 Å². The van der Waals surface area contributed by atoms with E-state index in [0.717, 1.165) is 11.6 Å². The van der Waals surface area contributed by atoms with Gasteiger partial charge in [0.25, 0.3) is 5.91 Å². The molecule has 1 aromatic carbocycles. The van der Waals surface area contributed by atoms with E-state index in [1.807, 2.05) is 11.2 Å². The monoisotopic (exact) mass is 356 g/mol. The fraction of sp³-hybridized carbons (Fsp3) is 0.375. The molecule has 0 saturated carbocycles. The molecule has 1 amide bonds. The van der Waals surface area contributed by atoms with Crippen molar-refractivity contribution < 1.29 is 22.4 Å². The molecular weight excluding hydrogens is 340 g/mol. The molecule has 25 heavy (non-hydrogen) atoms. The highest BCUT2D eigenvalue weighted by Gasteiger charge is 2.34. The number of aromatic nitrogens is 2. The van der Waals surface area contributed by atoms with Crippen molar-refractivity contribution in [3.05, 3.63) is 53.1 Å². The number of halogens is 4. The second kappa shape index (κ2) is 6.83. The van der Waals surface area contributed by atoms with Crippen LogP contribution in [-0.4, -0.2) is 52.1 Å². The fourth-order valence-electron chi connectivity index (χ4n) is 2.74. The average molecular weight is 356 g/mol. The normalized spacial score (nSPS) is 16.2. The topological polar surface area (TPSA) is 52.2 Å². The van der Waals surface area contributed by atoms with Gasteiger partial charge in [0.1, 0.15) is 11.5 Å². The summed E-state index contributed by atoms with van der Waals surface area (Å²) in [6.07, 6.45) is -4.56. The van der Waals surface area contributed by atoms with Gasteiger partial charge >= 0.3 is 6.18 Å². The predicted octanol–water partition coefficient (Wildman–Crippen LogP) is 2.53. The van der Waals surface area contributed by atoms with Gasteiger partial charge in [0.05, 0.1) is 0 Å². The SMILES string of the molecule is O=C(c1cc(C(F)(F)F)[nH]n1)N1CCN(Cc2cccc(F)c2)CC1. The Morgan fingerprint density at radius 1 is 1.16 bits per heavy atom. The number of nitrogens with zero attached hydrogens (tertiary/aromatic N) is 3. The van der Waals surface area contributed by atoms with Crippen molar-refractivity contribution in [3.63, 3.8) is 0 Å². The van der Waals surface area contributed by atoms with Gasteiger partial charge in [0.2, 0.25) is 0 Å². The van der Waals surface area contributed by atoms with E-state index in [0.29, 0.717) is 32.7 Å². The first-order valence-electron chi connectivity index (χ1n) is 7.71. The van der Waals surface area contributed by atoms with Crippen LogP contribution in [0.15, 0.2) is 30.3 Å². The van der Waals surface area contributed by atoms with Crippen LogP contribution < -0.4 is 0 Å². The lowest BCUT2D eigenvalue weighted by atomic mass is 10.2. The van der Waals surface area contributed by atoms with E-state index in [4.69, 9.17) is 0 Å². The highest BCUT2D eigenvalue weighted by atomic mass is 19.4. The highest BCUT2D eigenvalue weighted by molar-refractivity contribution is 5.92. The zero-order valence-corrected chi connectivity index (χ0v) is 13.2. The van der Waals surface area contributed by atoms with Crippen LogP contribution in [0.25, 0.3) is 0 Å². The van der Waals surface area contributed by atoms with Crippen molar-refractivity contribution in [2.45, 2.75) is 12.7 Å². The molecule has 0 bridgehead atoms. The van der Waals surface area contributed by atoms with Crippen molar-refractivity contribution in [1.29, 1.82) is 0 Å². The molecule has 0 spiro atoms. The van der Waals surface area contributed by atoms with Crippen LogP contribution in [0, 0.1) is 5.82 Å². The molecule has 3 rings (SSSR count). The molecule has 134 valence electrons. The number of piperazine rings is 1. The molecule has 1 saturated heterocycles. The lowest BCUT2D eigenvalue weighted by molar-refractivity contribution is -0.141. The van der Waals surface area contributed by atoms with Crippen molar-refractivity contribution in [3.8, 4) is 0 Å². The number of carbonyl (C=O) groups is 1. The lowest BCUT2D eigenvalue weighted by Crippen LogP contribution is -2.48. The quantitative estimate of drug-likeness (QED) is 0.860. The minimum Gasteiger partial charge on any atom is -0.335 e. The van der Waals surface area contributed by atoms with Gasteiger partial charge in [-0.05, 0) is 17.7 Å². The number of hydrogen-bond acceptors (Lipinski definition) is 3. The van der Waals surface area contributed by atoms with Gasteiger partial charge < -0.3 is 4.90 Å². The number of hydrogen-bond donors (Lipinski definition) is 1. The largest absolute Gasteiger partial charge is 0.432 e. The van der Waals surface area contributed by atoms with Crippen molar-refractivity contribution in [1.82, 2.24) is 20.0 Å². The zero-order valence-electron chi connectivity index (χ0n) is 13.2. The molecule has 9 heteroatoms. The molecule has 0 atom stereocenters. The Balaban J connectivity index is 1.56. The van der Waals surface area contributed by atoms with E-state index in [1.165, 1.54) is 17.0 Å². The van der Waals surface area contributed by atoms with Crippen LogP contribution in [0.1, 0.15) is 21.7 Å². The summed E-state index contributed by atoms with van der Waals surface area (Å²) in [4.78, 5) is 15.8. The molecule has 0 aliphatic carbocycles. The van der Waals surface area contributed by atoms with E-state index >= 15 is 0 Å². The number of alkyl halides is 3. The lowest BCUT2D eigenvalue weighted by Gasteiger charge is -2.34. The first-order chi connectivity index (χ1) is 11.8. The van der Waals surface area contributed by atoms with Gasteiger partial charge in [-0.2, -0.15) is 18.3 Å². The van der Waals surface area contributed by atoms with Gasteiger partial charge in [0.15, 0.2) is 5.69 Å². The number of aromatic amines is 1. The highest BCUT2D eigenvalue weighted by Crippen LogP contribution is 2.28. The summed E-state index contributed by atoms with van der Waals surface area (Å²) in [5, 5.41) is 5.31. The Hall–Kier alpha value is -2.42. The summed E-state index contributed by atoms with van der Waals surface area (Å²) in [6.45, 7) is 2.42. The maximum atomic E-state index is 13.2. The van der Waals surface area contributed by atoms with Crippen LogP contribution in [0.5, 0.6) is 0 Å². The van der Waals surface area contributed by atoms with Crippen molar-refractivity contribution in [2.24, 2.45) is 0 Å². The summed E-state index contributed by atoms with van der Waals surface area (Å²) in [7, 11) is 0. The van der Waals surface area contributed by atoms with Crippen LogP contribution in [0.4, 0.5) is 17.6 Å². The fourth-order valence-corrected chi connectivity index (χ4v) is 2.74. The number of H-pyrrole nitrogens is 1. The predicted molar refractivity (Wildman–Crippen MR) is 81.2 cm³/mol. The second-order valence-corrected chi connectivity index (χ2v) is 5.86. The Kier molecular flexibility index (Phi) is 4.76. The first kappa shape index (κ1) is 17.4. The third-order valence-corrected chi connectivity index (χ3v) is 4.06. The smallest absolute Gasteiger partial charge is 0.335 e. The van der Waals surface area contributed by atoms with E-state index in [2.05, 4.69) is 10.00 Å². The van der Waals surface area contributed by atoms with Gasteiger partial charge in [-0.1, -0.05) is 12.1 Å². The molecule has 5 nitrogen and oxygen atoms in total. The van der Waals surface area contributed by atoms with Crippen LogP contribution in [0.2, 0.25) is 0 Å². The number of rotatable bonds is 3. The summed E-state index contributed by atoms with van der Waals surface area (Å²) in [5.74, 6) is -0.831. The molecule has 0 unspecified atom stereocenters. The maximum absolute atomic E-state index is 13.2. The number of carbonyl (C=O) groups excluding carboxylic acids is 1. The molecule has 1 aliphatic rings. The molecule has 2 heterocycles. The third-order valence-electron chi connectivity index (χ3n) is 4.06. The molecule has 2 aromatic rings. The molecular formula is C16H16F4N4O. The van der Waals surface area contributed by atoms with Gasteiger partial charge in [0, 0.05) is 38.8 Å². The summed E-state index contributed by atoms with van der Waals surface area (Å²) in [5.41, 5.74) is -0.451. The van der Waals surface area contributed by atoms with Gasteiger partial charge in [-0.25, -0.2) is 4.39 Å². The van der Waals surface area contributed by atoms with Crippen LogP contribution >= 0.6 is 0 Å². The van der Waals surface area contributed by atoms with Crippen molar-refractivity contribution >= 4 is 5.91 Å². The first-order valence-corrected chi connectivity index (χ1v) is 7.71. The molecule has 1 fully saturated rings. The Morgan fingerprint density at radius 3 is 2.48 bits per heavy atom. The van der Waals surface area contributed by atoms with E-state index < -0.39 is 17.8 Å². The van der Waals surface area contributed by atoms with E-state index in [9.17, 15) is 22.4 Å². The number of benzene rings is 1. The minimum absolute atomic E-state index is 0.245. The van der Waals surface area contributed by atoms with Crippen LogP contribution in [0.3, 0.4) is 0 Å².